The molecule has 1 heterocycles. The fourth-order valence-electron chi connectivity index (χ4n) is 1.87. The molecule has 0 aromatic carbocycles. The summed E-state index contributed by atoms with van der Waals surface area (Å²) >= 11 is 0. The zero-order valence-corrected chi connectivity index (χ0v) is 8.87. The van der Waals surface area contributed by atoms with Crippen molar-refractivity contribution in [3.8, 4) is 0 Å². The molecule has 1 aliphatic carbocycles. The minimum atomic E-state index is 0.266. The standard InChI is InChI=1S/C11H19NO2/c1-2-11(13)12-6-5-10(7-12)14-8-9-3-4-9/h9-10H,2-8H2,1H3. The van der Waals surface area contributed by atoms with Crippen molar-refractivity contribution in [2.45, 2.75) is 38.7 Å². The van der Waals surface area contributed by atoms with E-state index in [1.165, 1.54) is 12.8 Å². The van der Waals surface area contributed by atoms with Crippen molar-refractivity contribution in [3.63, 3.8) is 0 Å². The van der Waals surface area contributed by atoms with Gasteiger partial charge in [-0.05, 0) is 25.2 Å². The molecule has 0 bridgehead atoms. The highest BCUT2D eigenvalue weighted by atomic mass is 16.5. The molecule has 1 saturated carbocycles. The maximum absolute atomic E-state index is 11.4. The summed E-state index contributed by atoms with van der Waals surface area (Å²) in [6, 6.07) is 0. The van der Waals surface area contributed by atoms with Gasteiger partial charge in [0.25, 0.3) is 0 Å². The molecule has 3 nitrogen and oxygen atoms in total. The second-order valence-electron chi connectivity index (χ2n) is 4.38. The quantitative estimate of drug-likeness (QED) is 0.682. The van der Waals surface area contributed by atoms with Crippen molar-refractivity contribution in [1.29, 1.82) is 0 Å². The molecule has 2 fully saturated rings. The minimum absolute atomic E-state index is 0.266. The van der Waals surface area contributed by atoms with Crippen molar-refractivity contribution in [2.24, 2.45) is 5.92 Å². The van der Waals surface area contributed by atoms with Crippen LogP contribution >= 0.6 is 0 Å². The Hall–Kier alpha value is -0.570. The van der Waals surface area contributed by atoms with E-state index >= 15 is 0 Å². The van der Waals surface area contributed by atoms with Gasteiger partial charge in [-0.25, -0.2) is 0 Å². The van der Waals surface area contributed by atoms with Crippen LogP contribution in [0.25, 0.3) is 0 Å². The van der Waals surface area contributed by atoms with Crippen molar-refractivity contribution >= 4 is 5.91 Å². The first kappa shape index (κ1) is 9.97. The van der Waals surface area contributed by atoms with Gasteiger partial charge in [-0.3, -0.25) is 4.79 Å². The van der Waals surface area contributed by atoms with Gasteiger partial charge in [0, 0.05) is 26.1 Å². The third kappa shape index (κ3) is 2.47. The Bertz CT molecular complexity index is 213. The number of amides is 1. The van der Waals surface area contributed by atoms with E-state index in [0.29, 0.717) is 12.5 Å². The molecule has 0 aromatic rings. The lowest BCUT2D eigenvalue weighted by molar-refractivity contribution is -0.130. The lowest BCUT2D eigenvalue weighted by Crippen LogP contribution is -2.29. The summed E-state index contributed by atoms with van der Waals surface area (Å²) in [5.41, 5.74) is 0. The summed E-state index contributed by atoms with van der Waals surface area (Å²) < 4.78 is 5.76. The SMILES string of the molecule is CCC(=O)N1CCC(OCC2CC2)C1. The van der Waals surface area contributed by atoms with Crippen molar-refractivity contribution in [1.82, 2.24) is 4.90 Å². The van der Waals surface area contributed by atoms with E-state index < -0.39 is 0 Å². The predicted molar refractivity (Wildman–Crippen MR) is 54.0 cm³/mol. The molecule has 0 N–H and O–H groups in total. The molecule has 1 saturated heterocycles. The third-order valence-electron chi connectivity index (χ3n) is 3.06. The number of hydrogen-bond acceptors (Lipinski definition) is 2. The average Bonchev–Trinajstić information content (AvgIpc) is 2.92. The summed E-state index contributed by atoms with van der Waals surface area (Å²) in [6.07, 6.45) is 4.63. The minimum Gasteiger partial charge on any atom is -0.376 e. The van der Waals surface area contributed by atoms with Gasteiger partial charge in [0.15, 0.2) is 0 Å². The van der Waals surface area contributed by atoms with Crippen molar-refractivity contribution < 1.29 is 9.53 Å². The maximum atomic E-state index is 11.4. The van der Waals surface area contributed by atoms with Crippen LogP contribution in [0.1, 0.15) is 32.6 Å². The summed E-state index contributed by atoms with van der Waals surface area (Å²) in [6.45, 7) is 4.54. The Labute approximate surface area is 85.4 Å². The van der Waals surface area contributed by atoms with Crippen LogP contribution in [0.2, 0.25) is 0 Å². The third-order valence-corrected chi connectivity index (χ3v) is 3.06. The number of carbonyl (C=O) groups excluding carboxylic acids is 1. The van der Waals surface area contributed by atoms with E-state index in [2.05, 4.69) is 0 Å². The van der Waals surface area contributed by atoms with E-state index in [1.54, 1.807) is 0 Å². The normalized spacial score (nSPS) is 26.9. The lowest BCUT2D eigenvalue weighted by atomic mass is 10.3. The Morgan fingerprint density at radius 1 is 1.43 bits per heavy atom. The Morgan fingerprint density at radius 2 is 2.21 bits per heavy atom. The van der Waals surface area contributed by atoms with E-state index in [1.807, 2.05) is 11.8 Å². The zero-order chi connectivity index (χ0) is 9.97. The molecule has 1 aliphatic heterocycles. The van der Waals surface area contributed by atoms with Crippen LogP contribution in [0.15, 0.2) is 0 Å². The van der Waals surface area contributed by atoms with E-state index in [9.17, 15) is 4.79 Å². The highest BCUT2D eigenvalue weighted by Gasteiger charge is 2.28. The van der Waals surface area contributed by atoms with Gasteiger partial charge >= 0.3 is 0 Å². The Kier molecular flexibility index (Phi) is 3.06. The second kappa shape index (κ2) is 4.30. The van der Waals surface area contributed by atoms with Crippen molar-refractivity contribution in [3.05, 3.63) is 0 Å². The predicted octanol–water partition coefficient (Wildman–Crippen LogP) is 1.42. The van der Waals surface area contributed by atoms with Crippen LogP contribution in [0.3, 0.4) is 0 Å². The molecule has 14 heavy (non-hydrogen) atoms. The van der Waals surface area contributed by atoms with Gasteiger partial charge in [-0.1, -0.05) is 6.92 Å². The van der Waals surface area contributed by atoms with Crippen LogP contribution < -0.4 is 0 Å². The lowest BCUT2D eigenvalue weighted by Gasteiger charge is -2.15. The molecule has 0 radical (unpaired) electrons. The number of ether oxygens (including phenoxy) is 1. The molecular weight excluding hydrogens is 178 g/mol. The molecule has 2 rings (SSSR count). The van der Waals surface area contributed by atoms with Gasteiger partial charge in [0.2, 0.25) is 5.91 Å². The Balaban J connectivity index is 1.67. The number of likely N-dealkylation sites (tertiary alicyclic amines) is 1. The van der Waals surface area contributed by atoms with Gasteiger partial charge in [0.05, 0.1) is 6.10 Å². The van der Waals surface area contributed by atoms with Crippen LogP contribution in [-0.4, -0.2) is 36.6 Å². The fourth-order valence-corrected chi connectivity index (χ4v) is 1.87. The monoisotopic (exact) mass is 197 g/mol. The molecule has 0 spiro atoms. The number of carbonyl (C=O) groups is 1. The topological polar surface area (TPSA) is 29.5 Å². The van der Waals surface area contributed by atoms with Crippen LogP contribution in [-0.2, 0) is 9.53 Å². The summed E-state index contributed by atoms with van der Waals surface area (Å²) in [5, 5.41) is 0. The second-order valence-corrected chi connectivity index (χ2v) is 4.38. The zero-order valence-electron chi connectivity index (χ0n) is 8.87. The fraction of sp³-hybridized carbons (Fsp3) is 0.909. The number of hydrogen-bond donors (Lipinski definition) is 0. The van der Waals surface area contributed by atoms with Gasteiger partial charge in [-0.15, -0.1) is 0 Å². The first-order valence-corrected chi connectivity index (χ1v) is 5.69. The van der Waals surface area contributed by atoms with Crippen LogP contribution in [0, 0.1) is 5.92 Å². The number of nitrogens with zero attached hydrogens (tertiary/aromatic N) is 1. The summed E-state index contributed by atoms with van der Waals surface area (Å²) in [7, 11) is 0. The highest BCUT2D eigenvalue weighted by molar-refractivity contribution is 5.76. The van der Waals surface area contributed by atoms with E-state index in [4.69, 9.17) is 4.74 Å². The average molecular weight is 197 g/mol. The van der Waals surface area contributed by atoms with Crippen LogP contribution in [0.5, 0.6) is 0 Å². The maximum Gasteiger partial charge on any atom is 0.222 e. The molecule has 1 unspecified atom stereocenters. The van der Waals surface area contributed by atoms with E-state index in [-0.39, 0.29) is 5.91 Å². The Morgan fingerprint density at radius 3 is 2.86 bits per heavy atom. The molecule has 0 aromatic heterocycles. The molecule has 3 heteroatoms. The molecule has 2 aliphatic rings. The molecule has 1 atom stereocenters. The highest BCUT2D eigenvalue weighted by Crippen LogP contribution is 2.30. The molecule has 1 amide bonds. The molecular formula is C11H19NO2. The summed E-state index contributed by atoms with van der Waals surface area (Å²) in [5.74, 6) is 1.09. The van der Waals surface area contributed by atoms with Gasteiger partial charge in [0.1, 0.15) is 0 Å². The summed E-state index contributed by atoms with van der Waals surface area (Å²) in [4.78, 5) is 13.3. The van der Waals surface area contributed by atoms with Crippen molar-refractivity contribution in [2.75, 3.05) is 19.7 Å². The number of rotatable bonds is 4. The molecule has 80 valence electrons. The van der Waals surface area contributed by atoms with Gasteiger partial charge < -0.3 is 9.64 Å². The van der Waals surface area contributed by atoms with Crippen LogP contribution in [0.4, 0.5) is 0 Å². The first-order chi connectivity index (χ1) is 6.79. The first-order valence-electron chi connectivity index (χ1n) is 5.69. The van der Waals surface area contributed by atoms with Gasteiger partial charge in [-0.2, -0.15) is 0 Å². The smallest absolute Gasteiger partial charge is 0.222 e. The largest absolute Gasteiger partial charge is 0.376 e. The van der Waals surface area contributed by atoms with E-state index in [0.717, 1.165) is 32.0 Å².